The molecule has 8 heteroatoms. The Kier molecular flexibility index (Phi) is 5.03. The van der Waals surface area contributed by atoms with Crippen molar-refractivity contribution in [3.8, 4) is 23.0 Å². The number of nitrogens with zero attached hydrogens (tertiary/aromatic N) is 6. The minimum atomic E-state index is -0.267. The van der Waals surface area contributed by atoms with E-state index in [1.54, 1.807) is 36.3 Å². The van der Waals surface area contributed by atoms with Crippen LogP contribution in [0.4, 0.5) is 0 Å². The van der Waals surface area contributed by atoms with Crippen LogP contribution < -0.4 is 4.74 Å². The van der Waals surface area contributed by atoms with E-state index in [4.69, 9.17) is 4.74 Å². The molecule has 0 bridgehead atoms. The summed E-state index contributed by atoms with van der Waals surface area (Å²) in [7, 11) is 5.65. The number of ether oxygens (including phenoxy) is 1. The summed E-state index contributed by atoms with van der Waals surface area (Å²) in [4.78, 5) is 26.1. The lowest BCUT2D eigenvalue weighted by atomic mass is 9.82. The highest BCUT2D eigenvalue weighted by Crippen LogP contribution is 2.35. The van der Waals surface area contributed by atoms with E-state index in [1.165, 1.54) is 0 Å². The van der Waals surface area contributed by atoms with Crippen LogP contribution in [-0.2, 0) is 0 Å². The summed E-state index contributed by atoms with van der Waals surface area (Å²) in [6.07, 6.45) is 3.39. The fraction of sp³-hybridized carbons (Fsp3) is 0.364. The van der Waals surface area contributed by atoms with Gasteiger partial charge in [-0.25, -0.2) is 9.67 Å². The first-order valence-corrected chi connectivity index (χ1v) is 9.83. The second-order valence-electron chi connectivity index (χ2n) is 8.15. The van der Waals surface area contributed by atoms with Gasteiger partial charge in [0.25, 0.3) is 5.91 Å². The van der Waals surface area contributed by atoms with Crippen LogP contribution in [-0.4, -0.2) is 74.8 Å². The maximum absolute atomic E-state index is 13.3. The smallest absolute Gasteiger partial charge is 0.274 e. The normalized spacial score (nSPS) is 17.7. The summed E-state index contributed by atoms with van der Waals surface area (Å²) >= 11 is 0. The molecule has 1 amide bonds. The third kappa shape index (κ3) is 3.33. The lowest BCUT2D eigenvalue weighted by molar-refractivity contribution is -0.0485. The Morgan fingerprint density at radius 3 is 2.57 bits per heavy atom. The average molecular weight is 406 g/mol. The van der Waals surface area contributed by atoms with Gasteiger partial charge in [-0.15, -0.1) is 0 Å². The summed E-state index contributed by atoms with van der Waals surface area (Å²) in [6, 6.07) is 11.4. The number of carbonyl (C=O) groups is 1. The molecule has 0 radical (unpaired) electrons. The lowest BCUT2D eigenvalue weighted by Crippen LogP contribution is -2.73. The highest BCUT2D eigenvalue weighted by Gasteiger charge is 2.50. The standard InChI is InChI=1S/C22H26N6O2/c1-22(2)19(26(3)4)14-27(22)21(29)17-12-18(16-8-6-7-11-23-16)28(25-17)15-9-10-20(30-5)24-13-15/h6-13,19H,14H2,1-5H3. The van der Waals surface area contributed by atoms with Crippen molar-refractivity contribution in [3.05, 3.63) is 54.5 Å². The molecule has 1 aliphatic rings. The number of carbonyl (C=O) groups excluding carboxylic acids is 1. The van der Waals surface area contributed by atoms with Crippen LogP contribution >= 0.6 is 0 Å². The number of hydrogen-bond donors (Lipinski definition) is 0. The number of aromatic nitrogens is 4. The SMILES string of the molecule is COc1ccc(-n2nc(C(=O)N3CC(N(C)C)C3(C)C)cc2-c2ccccn2)cn1. The maximum Gasteiger partial charge on any atom is 0.274 e. The zero-order valence-corrected chi connectivity index (χ0v) is 17.9. The molecule has 1 atom stereocenters. The van der Waals surface area contributed by atoms with Gasteiger partial charge in [0.05, 0.1) is 35.9 Å². The third-order valence-electron chi connectivity index (χ3n) is 5.77. The predicted molar refractivity (Wildman–Crippen MR) is 114 cm³/mol. The Balaban J connectivity index is 1.73. The number of likely N-dealkylation sites (N-methyl/N-ethyl adjacent to an activating group) is 1. The lowest BCUT2D eigenvalue weighted by Gasteiger charge is -2.57. The summed E-state index contributed by atoms with van der Waals surface area (Å²) in [5.74, 6) is 0.425. The molecule has 1 aliphatic heterocycles. The number of pyridine rings is 2. The van der Waals surface area contributed by atoms with Gasteiger partial charge in [0.2, 0.25) is 5.88 Å². The summed E-state index contributed by atoms with van der Waals surface area (Å²) in [5.41, 5.74) is 2.31. The first-order valence-electron chi connectivity index (χ1n) is 9.83. The zero-order valence-electron chi connectivity index (χ0n) is 17.9. The molecule has 0 aliphatic carbocycles. The van der Waals surface area contributed by atoms with E-state index >= 15 is 0 Å². The van der Waals surface area contributed by atoms with Crippen molar-refractivity contribution in [3.63, 3.8) is 0 Å². The first-order chi connectivity index (χ1) is 14.3. The molecule has 1 unspecified atom stereocenters. The Morgan fingerprint density at radius 2 is 2.00 bits per heavy atom. The molecule has 0 saturated carbocycles. The van der Waals surface area contributed by atoms with E-state index < -0.39 is 0 Å². The highest BCUT2D eigenvalue weighted by molar-refractivity contribution is 5.95. The van der Waals surface area contributed by atoms with Crippen LogP contribution in [0.15, 0.2) is 48.8 Å². The number of rotatable bonds is 5. The molecule has 1 saturated heterocycles. The molecular weight excluding hydrogens is 380 g/mol. The highest BCUT2D eigenvalue weighted by atomic mass is 16.5. The number of hydrogen-bond acceptors (Lipinski definition) is 6. The van der Waals surface area contributed by atoms with Crippen molar-refractivity contribution in [2.45, 2.75) is 25.4 Å². The molecule has 3 aromatic rings. The monoisotopic (exact) mass is 406 g/mol. The van der Waals surface area contributed by atoms with Gasteiger partial charge in [-0.3, -0.25) is 9.78 Å². The van der Waals surface area contributed by atoms with E-state index in [1.807, 2.05) is 43.3 Å². The Bertz CT molecular complexity index is 1040. The second-order valence-corrected chi connectivity index (χ2v) is 8.15. The molecule has 0 aromatic carbocycles. The predicted octanol–water partition coefficient (Wildman–Crippen LogP) is 2.50. The molecule has 156 valence electrons. The van der Waals surface area contributed by atoms with Gasteiger partial charge in [-0.2, -0.15) is 5.10 Å². The summed E-state index contributed by atoms with van der Waals surface area (Å²) < 4.78 is 6.86. The Labute approximate surface area is 176 Å². The van der Waals surface area contributed by atoms with Gasteiger partial charge in [0, 0.05) is 24.8 Å². The number of likely N-dealkylation sites (tertiary alicyclic amines) is 1. The van der Waals surface area contributed by atoms with Crippen molar-refractivity contribution < 1.29 is 9.53 Å². The first kappa shape index (κ1) is 20.0. The Hall–Kier alpha value is -3.26. The zero-order chi connectivity index (χ0) is 21.5. The summed E-state index contributed by atoms with van der Waals surface area (Å²) in [5, 5.41) is 4.64. The van der Waals surface area contributed by atoms with Crippen molar-refractivity contribution in [2.24, 2.45) is 0 Å². The van der Waals surface area contributed by atoms with Gasteiger partial charge in [0.1, 0.15) is 0 Å². The average Bonchev–Trinajstić information content (AvgIpc) is 3.19. The van der Waals surface area contributed by atoms with Crippen LogP contribution in [0, 0.1) is 0 Å². The van der Waals surface area contributed by atoms with Crippen LogP contribution in [0.5, 0.6) is 5.88 Å². The van der Waals surface area contributed by atoms with E-state index in [9.17, 15) is 4.79 Å². The van der Waals surface area contributed by atoms with Crippen LogP contribution in [0.3, 0.4) is 0 Å². The van der Waals surface area contributed by atoms with Crippen molar-refractivity contribution >= 4 is 5.91 Å². The van der Waals surface area contributed by atoms with Gasteiger partial charge < -0.3 is 14.5 Å². The van der Waals surface area contributed by atoms with Crippen LogP contribution in [0.1, 0.15) is 24.3 Å². The molecule has 4 heterocycles. The summed E-state index contributed by atoms with van der Waals surface area (Å²) in [6.45, 7) is 4.85. The van der Waals surface area contributed by atoms with Gasteiger partial charge >= 0.3 is 0 Å². The fourth-order valence-electron chi connectivity index (χ4n) is 3.97. The number of amides is 1. The quantitative estimate of drug-likeness (QED) is 0.648. The molecule has 4 rings (SSSR count). The largest absolute Gasteiger partial charge is 0.481 e. The molecular formula is C22H26N6O2. The molecule has 0 spiro atoms. The second kappa shape index (κ2) is 7.53. The molecule has 3 aromatic heterocycles. The van der Waals surface area contributed by atoms with E-state index in [0.29, 0.717) is 24.2 Å². The van der Waals surface area contributed by atoms with Crippen molar-refractivity contribution in [2.75, 3.05) is 27.7 Å². The van der Waals surface area contributed by atoms with Crippen LogP contribution in [0.25, 0.3) is 17.1 Å². The fourth-order valence-corrected chi connectivity index (χ4v) is 3.97. The number of methoxy groups -OCH3 is 1. The molecule has 0 N–H and O–H groups in total. The third-order valence-corrected chi connectivity index (χ3v) is 5.77. The maximum atomic E-state index is 13.3. The molecule has 1 fully saturated rings. The van der Waals surface area contributed by atoms with E-state index in [0.717, 1.165) is 17.1 Å². The van der Waals surface area contributed by atoms with Gasteiger partial charge in [-0.05, 0) is 52.2 Å². The van der Waals surface area contributed by atoms with Crippen molar-refractivity contribution in [1.82, 2.24) is 29.5 Å². The van der Waals surface area contributed by atoms with Gasteiger partial charge in [0.15, 0.2) is 5.69 Å². The van der Waals surface area contributed by atoms with Crippen molar-refractivity contribution in [1.29, 1.82) is 0 Å². The van der Waals surface area contributed by atoms with E-state index in [2.05, 4.69) is 33.8 Å². The topological polar surface area (TPSA) is 76.4 Å². The van der Waals surface area contributed by atoms with E-state index in [-0.39, 0.29) is 11.4 Å². The Morgan fingerprint density at radius 1 is 1.20 bits per heavy atom. The minimum Gasteiger partial charge on any atom is -0.481 e. The minimum absolute atomic E-state index is 0.0875. The van der Waals surface area contributed by atoms with Gasteiger partial charge in [-0.1, -0.05) is 6.07 Å². The molecule has 8 nitrogen and oxygen atoms in total. The van der Waals surface area contributed by atoms with Crippen LogP contribution in [0.2, 0.25) is 0 Å². The molecule has 30 heavy (non-hydrogen) atoms.